The summed E-state index contributed by atoms with van der Waals surface area (Å²) in [6.07, 6.45) is 2.36. The Labute approximate surface area is 205 Å². The zero-order valence-electron chi connectivity index (χ0n) is 19.7. The van der Waals surface area contributed by atoms with Crippen molar-refractivity contribution in [2.45, 2.75) is 30.9 Å². The number of likely N-dealkylation sites (N-methyl/N-ethyl adjacent to an activating group) is 1. The summed E-state index contributed by atoms with van der Waals surface area (Å²) in [6, 6.07) is 0.682. The number of fused-ring (bicyclic) bond motifs is 3. The molecule has 5 rings (SSSR count). The number of nitrogens with zero attached hydrogens (tertiary/aromatic N) is 1. The molecule has 0 saturated carbocycles. The lowest BCUT2D eigenvalue weighted by Gasteiger charge is -2.50. The number of hydrogen-bond acceptors (Lipinski definition) is 10. The van der Waals surface area contributed by atoms with E-state index in [1.54, 1.807) is 26.4 Å². The van der Waals surface area contributed by atoms with Crippen LogP contribution in [0.2, 0.25) is 0 Å². The van der Waals surface area contributed by atoms with Crippen LogP contribution in [0.5, 0.6) is 5.75 Å². The second kappa shape index (κ2) is 7.84. The molecule has 1 amide bonds. The number of phenols is 1. The number of benzene rings is 1. The number of hydrogen-bond donors (Lipinski definition) is 6. The fraction of sp³-hybridized carbons (Fsp3) is 0.400. The molecule has 1 aromatic rings. The summed E-state index contributed by atoms with van der Waals surface area (Å²) in [5.41, 5.74) is 9.45. The Balaban J connectivity index is 1.70. The number of ketones is 2. The van der Waals surface area contributed by atoms with Crippen LogP contribution in [-0.2, 0) is 20.7 Å². The lowest BCUT2D eigenvalue weighted by molar-refractivity contribution is -0.148. The second-order valence-corrected chi connectivity index (χ2v) is 9.95. The highest BCUT2D eigenvalue weighted by molar-refractivity contribution is 6.25. The Morgan fingerprint density at radius 2 is 1.92 bits per heavy atom. The van der Waals surface area contributed by atoms with E-state index in [9.17, 15) is 34.8 Å². The highest BCUT2D eigenvalue weighted by atomic mass is 16.5. The number of ether oxygens (including phenoxy) is 1. The van der Waals surface area contributed by atoms with E-state index in [2.05, 4.69) is 0 Å². The summed E-state index contributed by atoms with van der Waals surface area (Å²) in [5.74, 6) is -6.98. The number of phenolic OH excluding ortho intramolecular Hbond substituents is 1. The Morgan fingerprint density at radius 1 is 1.22 bits per heavy atom. The molecule has 0 fully saturated rings. The summed E-state index contributed by atoms with van der Waals surface area (Å²) in [7, 11) is 3.16. The van der Waals surface area contributed by atoms with E-state index in [0.717, 1.165) is 5.57 Å². The quantitative estimate of drug-likeness (QED) is 0.194. The highest BCUT2D eigenvalue weighted by Crippen LogP contribution is 2.53. The molecule has 1 aromatic carbocycles. The number of amides is 1. The van der Waals surface area contributed by atoms with Crippen molar-refractivity contribution in [2.75, 3.05) is 26.4 Å². The maximum Gasteiger partial charge on any atom is 0.255 e. The predicted octanol–water partition coefficient (Wildman–Crippen LogP) is 0.464. The number of allylic oxidation sites excluding steroid dienone is 1. The van der Waals surface area contributed by atoms with E-state index in [1.165, 1.54) is 4.90 Å². The van der Waals surface area contributed by atoms with Crippen molar-refractivity contribution in [2.24, 2.45) is 17.6 Å². The second-order valence-electron chi connectivity index (χ2n) is 9.95. The van der Waals surface area contributed by atoms with Crippen molar-refractivity contribution in [1.29, 1.82) is 0 Å². The summed E-state index contributed by atoms with van der Waals surface area (Å²) in [5, 5.41) is 44.5. The van der Waals surface area contributed by atoms with Crippen LogP contribution < -0.4 is 11.5 Å². The van der Waals surface area contributed by atoms with Gasteiger partial charge in [-0.2, -0.15) is 0 Å². The third-order valence-corrected chi connectivity index (χ3v) is 7.81. The largest absolute Gasteiger partial charge is 0.510 e. The predicted molar refractivity (Wildman–Crippen MR) is 127 cm³/mol. The van der Waals surface area contributed by atoms with Gasteiger partial charge in [-0.25, -0.2) is 0 Å². The van der Waals surface area contributed by atoms with Crippen LogP contribution in [0.15, 0.2) is 35.0 Å². The lowest BCUT2D eigenvalue weighted by atomic mass is 9.58. The van der Waals surface area contributed by atoms with Gasteiger partial charge in [-0.15, -0.1) is 0 Å². The molecular weight excluding hydrogens is 470 g/mol. The third kappa shape index (κ3) is 2.96. The normalized spacial score (nSPS) is 29.6. The van der Waals surface area contributed by atoms with Crippen LogP contribution in [0.4, 0.5) is 5.69 Å². The van der Waals surface area contributed by atoms with Gasteiger partial charge in [0.1, 0.15) is 17.1 Å². The minimum Gasteiger partial charge on any atom is -0.510 e. The molecule has 3 aliphatic carbocycles. The molecule has 1 heterocycles. The molecule has 1 aliphatic heterocycles. The van der Waals surface area contributed by atoms with Crippen LogP contribution in [0.25, 0.3) is 5.57 Å². The van der Waals surface area contributed by atoms with Crippen molar-refractivity contribution in [3.05, 3.63) is 51.7 Å². The molecule has 0 radical (unpaired) electrons. The van der Waals surface area contributed by atoms with Gasteiger partial charge in [-0.1, -0.05) is 0 Å². The van der Waals surface area contributed by atoms with Gasteiger partial charge in [0.25, 0.3) is 5.91 Å². The van der Waals surface area contributed by atoms with Crippen molar-refractivity contribution < 1.29 is 39.5 Å². The summed E-state index contributed by atoms with van der Waals surface area (Å²) >= 11 is 0. The van der Waals surface area contributed by atoms with Crippen molar-refractivity contribution >= 4 is 28.7 Å². The van der Waals surface area contributed by atoms with Crippen LogP contribution in [-0.4, -0.2) is 75.1 Å². The molecule has 0 spiro atoms. The first-order chi connectivity index (χ1) is 16.9. The van der Waals surface area contributed by atoms with E-state index >= 15 is 0 Å². The number of nitrogens with two attached hydrogens (primary N) is 2. The fourth-order valence-electron chi connectivity index (χ4n) is 6.17. The molecule has 11 nitrogen and oxygen atoms in total. The third-order valence-electron chi connectivity index (χ3n) is 7.81. The van der Waals surface area contributed by atoms with Crippen LogP contribution in [0, 0.1) is 11.8 Å². The molecule has 36 heavy (non-hydrogen) atoms. The van der Waals surface area contributed by atoms with E-state index in [1.807, 2.05) is 0 Å². The number of nitrogen functional groups attached to an aromatic ring is 1. The smallest absolute Gasteiger partial charge is 0.255 e. The number of aliphatic hydroxyl groups excluding tert-OH is 2. The number of aromatic hydroxyl groups is 1. The van der Waals surface area contributed by atoms with Crippen LogP contribution in [0.3, 0.4) is 0 Å². The minimum atomic E-state index is -2.67. The number of Topliss-reactive ketones (excluding diaryl/α,β-unsaturated/α-hetero) is 2. The van der Waals surface area contributed by atoms with E-state index in [0.29, 0.717) is 24.2 Å². The Bertz CT molecular complexity index is 1340. The first kappa shape index (κ1) is 23.9. The number of primary amides is 1. The van der Waals surface area contributed by atoms with E-state index in [4.69, 9.17) is 16.2 Å². The molecule has 0 aromatic heterocycles. The van der Waals surface area contributed by atoms with Crippen LogP contribution >= 0.6 is 0 Å². The van der Waals surface area contributed by atoms with Gasteiger partial charge in [0, 0.05) is 23.5 Å². The zero-order chi connectivity index (χ0) is 26.3. The number of carbonyl (C=O) groups is 3. The SMILES string of the molecule is CN(C)[C@@H]1C(O)=C(C(N)=O)C(=O)[C@@]2(O)C(O)=C3C(=O)c4c(cc(C5=COCC5)c(N)c4O)C[C@H]3C[C@@H]12. The molecule has 190 valence electrons. The van der Waals surface area contributed by atoms with Crippen molar-refractivity contribution in [3.8, 4) is 5.75 Å². The molecular formula is C25H27N3O8. The molecule has 0 unspecified atom stereocenters. The highest BCUT2D eigenvalue weighted by Gasteiger charge is 2.63. The number of carbonyl (C=O) groups excluding carboxylic acids is 3. The minimum absolute atomic E-state index is 0.0185. The lowest BCUT2D eigenvalue weighted by Crippen LogP contribution is -2.63. The molecule has 0 bridgehead atoms. The summed E-state index contributed by atoms with van der Waals surface area (Å²) in [6.45, 7) is 0.472. The van der Waals surface area contributed by atoms with Crippen molar-refractivity contribution in [1.82, 2.24) is 4.90 Å². The van der Waals surface area contributed by atoms with Gasteiger partial charge in [0.15, 0.2) is 17.1 Å². The molecule has 4 atom stereocenters. The molecule has 0 saturated heterocycles. The van der Waals surface area contributed by atoms with E-state index < -0.39 is 63.8 Å². The van der Waals surface area contributed by atoms with Gasteiger partial charge < -0.3 is 36.6 Å². The number of aliphatic hydroxyl groups is 3. The van der Waals surface area contributed by atoms with Gasteiger partial charge >= 0.3 is 0 Å². The number of rotatable bonds is 3. The topological polar surface area (TPSA) is 197 Å². The summed E-state index contributed by atoms with van der Waals surface area (Å²) in [4.78, 5) is 40.4. The number of anilines is 1. The average molecular weight is 498 g/mol. The van der Waals surface area contributed by atoms with Gasteiger partial charge in [-0.3, -0.25) is 19.3 Å². The average Bonchev–Trinajstić information content (AvgIpc) is 3.33. The Hall–Kier alpha value is -3.83. The molecule has 8 N–H and O–H groups in total. The maximum atomic E-state index is 13.6. The monoisotopic (exact) mass is 497 g/mol. The van der Waals surface area contributed by atoms with Gasteiger partial charge in [-0.05, 0) is 50.1 Å². The van der Waals surface area contributed by atoms with Crippen molar-refractivity contribution in [3.63, 3.8) is 0 Å². The molecule has 11 heteroatoms. The fourth-order valence-corrected chi connectivity index (χ4v) is 6.17. The van der Waals surface area contributed by atoms with Crippen LogP contribution in [0.1, 0.15) is 34.3 Å². The van der Waals surface area contributed by atoms with Gasteiger partial charge in [0.2, 0.25) is 5.78 Å². The zero-order valence-corrected chi connectivity index (χ0v) is 19.7. The molecule has 4 aliphatic rings. The first-order valence-corrected chi connectivity index (χ1v) is 11.5. The first-order valence-electron chi connectivity index (χ1n) is 11.5. The Kier molecular flexibility index (Phi) is 5.20. The standard InChI is InChI=1S/C25H27N3O8/c1-28(2)18-13-7-11-5-10-6-12(9-3-4-36-8-9)17(26)20(30)14(10)19(29)15(11)22(32)25(13,35)23(33)16(21(18)31)24(27)34/h6,8,11,13,18,30-32,35H,3-5,7,26H2,1-2H3,(H2,27,34)/t11-,13-,18-,25-/m0/s1. The van der Waals surface area contributed by atoms with E-state index in [-0.39, 0.29) is 29.7 Å². The maximum absolute atomic E-state index is 13.6. The Morgan fingerprint density at radius 3 is 2.50 bits per heavy atom. The van der Waals surface area contributed by atoms with Gasteiger partial charge in [0.05, 0.1) is 30.2 Å². The summed E-state index contributed by atoms with van der Waals surface area (Å²) < 4.78 is 5.29.